The molecule has 0 aliphatic heterocycles. The summed E-state index contributed by atoms with van der Waals surface area (Å²) >= 11 is 0. The highest BCUT2D eigenvalue weighted by molar-refractivity contribution is 5.92. The molecule has 0 aliphatic rings. The molecule has 0 fully saturated rings. The minimum atomic E-state index is -0.521. The van der Waals surface area contributed by atoms with E-state index in [-0.39, 0.29) is 5.75 Å². The van der Waals surface area contributed by atoms with Gasteiger partial charge in [-0.15, -0.1) is 0 Å². The first-order valence-electron chi connectivity index (χ1n) is 5.94. The summed E-state index contributed by atoms with van der Waals surface area (Å²) in [6, 6.07) is 7.04. The Morgan fingerprint density at radius 1 is 1.28 bits per heavy atom. The van der Waals surface area contributed by atoms with Crippen molar-refractivity contribution in [2.75, 3.05) is 5.32 Å². The summed E-state index contributed by atoms with van der Waals surface area (Å²) < 4.78 is 0. The average Bonchev–Trinajstić information content (AvgIpc) is 2.29. The highest BCUT2D eigenvalue weighted by Gasteiger charge is 2.24. The molecule has 1 unspecified atom stereocenters. The number of phenolic OH excluding ortho intramolecular Hbond substituents is 1. The van der Waals surface area contributed by atoms with E-state index in [4.69, 9.17) is 0 Å². The zero-order chi connectivity index (χ0) is 13.3. The molecule has 1 aromatic heterocycles. The van der Waals surface area contributed by atoms with Gasteiger partial charge in [0.15, 0.2) is 0 Å². The molecule has 1 heterocycles. The molecule has 1 atom stereocenters. The van der Waals surface area contributed by atoms with E-state index in [0.717, 1.165) is 10.8 Å². The van der Waals surface area contributed by atoms with Crippen molar-refractivity contribution in [3.05, 3.63) is 30.5 Å². The monoisotopic (exact) mass is 246 g/mol. The number of nitrogens with zero attached hydrogens (tertiary/aromatic N) is 1. The number of rotatable bonds is 3. The Kier molecular flexibility index (Phi) is 3.13. The fraction of sp³-hybridized carbons (Fsp3) is 0.357. The van der Waals surface area contributed by atoms with Gasteiger partial charge in [-0.1, -0.05) is 6.07 Å². The number of hydrogen-bond acceptors (Lipinski definition) is 4. The molecule has 2 rings (SSSR count). The van der Waals surface area contributed by atoms with Gasteiger partial charge in [-0.2, -0.15) is 0 Å². The molecule has 1 aromatic carbocycles. The van der Waals surface area contributed by atoms with Crippen LogP contribution in [0.2, 0.25) is 0 Å². The van der Waals surface area contributed by atoms with Crippen LogP contribution in [0.25, 0.3) is 10.8 Å². The van der Waals surface area contributed by atoms with Crippen molar-refractivity contribution in [3.63, 3.8) is 0 Å². The van der Waals surface area contributed by atoms with Gasteiger partial charge >= 0.3 is 0 Å². The predicted octanol–water partition coefficient (Wildman–Crippen LogP) is 2.51. The summed E-state index contributed by atoms with van der Waals surface area (Å²) in [5.74, 6) is 0.864. The van der Waals surface area contributed by atoms with Crippen LogP contribution in [-0.2, 0) is 0 Å². The maximum absolute atomic E-state index is 9.73. The SMILES string of the molecule is CC(O)C(C)(C)Nc1nccc2ccc(O)cc12. The van der Waals surface area contributed by atoms with Crippen LogP contribution in [0.1, 0.15) is 20.8 Å². The van der Waals surface area contributed by atoms with Gasteiger partial charge in [0, 0.05) is 11.6 Å². The summed E-state index contributed by atoms with van der Waals surface area (Å²) in [6.45, 7) is 5.54. The normalized spacial score (nSPS) is 13.6. The number of aromatic nitrogens is 1. The van der Waals surface area contributed by atoms with Crippen molar-refractivity contribution >= 4 is 16.6 Å². The third-order valence-corrected chi connectivity index (χ3v) is 3.23. The van der Waals surface area contributed by atoms with E-state index >= 15 is 0 Å². The zero-order valence-electron chi connectivity index (χ0n) is 10.8. The Hall–Kier alpha value is -1.81. The first kappa shape index (κ1) is 12.6. The van der Waals surface area contributed by atoms with Crippen LogP contribution in [0.4, 0.5) is 5.82 Å². The van der Waals surface area contributed by atoms with Gasteiger partial charge in [0.05, 0.1) is 11.6 Å². The maximum atomic E-state index is 9.73. The van der Waals surface area contributed by atoms with Crippen LogP contribution in [0.5, 0.6) is 5.75 Å². The van der Waals surface area contributed by atoms with E-state index in [1.807, 2.05) is 26.0 Å². The van der Waals surface area contributed by atoms with E-state index in [0.29, 0.717) is 5.82 Å². The van der Waals surface area contributed by atoms with Gasteiger partial charge in [0.25, 0.3) is 0 Å². The third-order valence-electron chi connectivity index (χ3n) is 3.23. The Morgan fingerprint density at radius 3 is 2.67 bits per heavy atom. The molecule has 3 N–H and O–H groups in total. The molecule has 4 nitrogen and oxygen atoms in total. The van der Waals surface area contributed by atoms with Gasteiger partial charge in [0.1, 0.15) is 11.6 Å². The molecular formula is C14H18N2O2. The lowest BCUT2D eigenvalue weighted by Gasteiger charge is -2.30. The predicted molar refractivity (Wildman–Crippen MR) is 72.8 cm³/mol. The van der Waals surface area contributed by atoms with E-state index in [1.54, 1.807) is 25.3 Å². The van der Waals surface area contributed by atoms with Crippen molar-refractivity contribution in [3.8, 4) is 5.75 Å². The van der Waals surface area contributed by atoms with Crippen LogP contribution in [-0.4, -0.2) is 26.8 Å². The lowest BCUT2D eigenvalue weighted by molar-refractivity contribution is 0.133. The second-order valence-electron chi connectivity index (χ2n) is 5.09. The molecule has 0 amide bonds. The van der Waals surface area contributed by atoms with E-state index < -0.39 is 11.6 Å². The molecule has 2 aromatic rings. The fourth-order valence-corrected chi connectivity index (χ4v) is 1.67. The van der Waals surface area contributed by atoms with Gasteiger partial charge in [-0.05, 0) is 44.4 Å². The van der Waals surface area contributed by atoms with E-state index in [9.17, 15) is 10.2 Å². The molecular weight excluding hydrogens is 228 g/mol. The number of hydrogen-bond donors (Lipinski definition) is 3. The van der Waals surface area contributed by atoms with Gasteiger partial charge in [0.2, 0.25) is 0 Å². The molecule has 0 spiro atoms. The van der Waals surface area contributed by atoms with Gasteiger partial charge < -0.3 is 15.5 Å². The number of aliphatic hydroxyl groups is 1. The maximum Gasteiger partial charge on any atom is 0.134 e. The molecule has 0 saturated carbocycles. The summed E-state index contributed by atoms with van der Waals surface area (Å²) in [7, 11) is 0. The molecule has 4 heteroatoms. The Bertz CT molecular complexity index is 565. The first-order valence-corrected chi connectivity index (χ1v) is 5.94. The van der Waals surface area contributed by atoms with Crippen molar-refractivity contribution in [1.82, 2.24) is 4.98 Å². The number of aliphatic hydroxyl groups excluding tert-OH is 1. The van der Waals surface area contributed by atoms with Crippen LogP contribution >= 0.6 is 0 Å². The largest absolute Gasteiger partial charge is 0.508 e. The van der Waals surface area contributed by atoms with Gasteiger partial charge in [-0.3, -0.25) is 0 Å². The second-order valence-corrected chi connectivity index (χ2v) is 5.09. The van der Waals surface area contributed by atoms with Crippen molar-refractivity contribution < 1.29 is 10.2 Å². The lowest BCUT2D eigenvalue weighted by atomic mass is 9.98. The zero-order valence-corrected chi connectivity index (χ0v) is 10.8. The van der Waals surface area contributed by atoms with Crippen molar-refractivity contribution in [2.45, 2.75) is 32.4 Å². The summed E-state index contributed by atoms with van der Waals surface area (Å²) in [6.07, 6.45) is 1.19. The average molecular weight is 246 g/mol. The van der Waals surface area contributed by atoms with Gasteiger partial charge in [-0.25, -0.2) is 4.98 Å². The highest BCUT2D eigenvalue weighted by atomic mass is 16.3. The number of fused-ring (bicyclic) bond motifs is 1. The fourth-order valence-electron chi connectivity index (χ4n) is 1.67. The van der Waals surface area contributed by atoms with Crippen LogP contribution in [0.15, 0.2) is 30.5 Å². The van der Waals surface area contributed by atoms with Crippen LogP contribution in [0.3, 0.4) is 0 Å². The Balaban J connectivity index is 2.48. The highest BCUT2D eigenvalue weighted by Crippen LogP contribution is 2.27. The second kappa shape index (κ2) is 4.46. The number of aromatic hydroxyl groups is 1. The number of nitrogens with one attached hydrogen (secondary N) is 1. The third kappa shape index (κ3) is 2.38. The number of phenols is 1. The van der Waals surface area contributed by atoms with Crippen LogP contribution < -0.4 is 5.32 Å². The summed E-state index contributed by atoms with van der Waals surface area (Å²) in [5.41, 5.74) is -0.493. The van der Waals surface area contributed by atoms with E-state index in [1.165, 1.54) is 0 Å². The molecule has 96 valence electrons. The topological polar surface area (TPSA) is 65.4 Å². The smallest absolute Gasteiger partial charge is 0.134 e. The summed E-state index contributed by atoms with van der Waals surface area (Å²) in [4.78, 5) is 4.28. The minimum absolute atomic E-state index is 0.202. The first-order chi connectivity index (χ1) is 8.40. The standard InChI is InChI=1S/C14H18N2O2/c1-9(17)14(2,3)16-13-12-8-11(18)5-4-10(12)6-7-15-13/h4-9,17-18H,1-3H3,(H,15,16). The van der Waals surface area contributed by atoms with Crippen molar-refractivity contribution in [1.29, 1.82) is 0 Å². The quantitative estimate of drug-likeness (QED) is 0.778. The molecule has 18 heavy (non-hydrogen) atoms. The minimum Gasteiger partial charge on any atom is -0.508 e. The lowest BCUT2D eigenvalue weighted by Crippen LogP contribution is -2.42. The Labute approximate surface area is 106 Å². The van der Waals surface area contributed by atoms with Crippen molar-refractivity contribution in [2.24, 2.45) is 0 Å². The molecule has 0 bridgehead atoms. The van der Waals surface area contributed by atoms with Crippen LogP contribution in [0, 0.1) is 0 Å². The summed E-state index contributed by atoms with van der Waals surface area (Å²) in [5, 5.41) is 24.3. The number of benzene rings is 1. The van der Waals surface area contributed by atoms with E-state index in [2.05, 4.69) is 10.3 Å². The molecule has 0 saturated heterocycles. The molecule has 0 radical (unpaired) electrons. The number of pyridine rings is 1. The number of anilines is 1. The Morgan fingerprint density at radius 2 is 2.00 bits per heavy atom. The molecule has 0 aliphatic carbocycles.